The minimum atomic E-state index is -0.949. The lowest BCUT2D eigenvalue weighted by Gasteiger charge is -2.21. The molecule has 1 radical (unpaired) electrons. The van der Waals surface area contributed by atoms with Gasteiger partial charge in [0.2, 0.25) is 0 Å². The van der Waals surface area contributed by atoms with E-state index in [2.05, 4.69) is 17.0 Å². The van der Waals surface area contributed by atoms with Gasteiger partial charge in [-0.2, -0.15) is 0 Å². The largest absolute Gasteiger partial charge is 0.467 e. The van der Waals surface area contributed by atoms with Gasteiger partial charge >= 0.3 is 12.1 Å². The van der Waals surface area contributed by atoms with Crippen LogP contribution in [0.4, 0.5) is 4.79 Å². The highest BCUT2D eigenvalue weighted by molar-refractivity contribution is 5.81. The first-order valence-corrected chi connectivity index (χ1v) is 4.16. The molecule has 0 saturated carbocycles. The molecule has 0 aromatic heterocycles. The van der Waals surface area contributed by atoms with E-state index in [1.165, 1.54) is 7.11 Å². The molecule has 0 spiro atoms. The van der Waals surface area contributed by atoms with Gasteiger partial charge in [0.15, 0.2) is 0 Å². The predicted molar refractivity (Wildman–Crippen MR) is 50.5 cm³/mol. The first-order chi connectivity index (χ1) is 6.26. The fourth-order valence-corrected chi connectivity index (χ4v) is 0.651. The monoisotopic (exact) mass is 202 g/mol. The van der Waals surface area contributed by atoms with Crippen LogP contribution < -0.4 is 5.32 Å². The van der Waals surface area contributed by atoms with Crippen molar-refractivity contribution in [2.45, 2.75) is 32.4 Å². The normalized spacial score (nSPS) is 12.9. The molecule has 0 aliphatic carbocycles. The highest BCUT2D eigenvalue weighted by atomic mass is 16.6. The molecule has 0 heterocycles. The standard InChI is InChI=1S/C9H16NO4/c1-6(7(11)13-5)10-8(12)14-9(2,3)4/h6H,1H2,2-5H3,(H,10,12). The lowest BCUT2D eigenvalue weighted by Crippen LogP contribution is -2.42. The Hall–Kier alpha value is -1.26. The summed E-state index contributed by atoms with van der Waals surface area (Å²) in [4.78, 5) is 22.0. The SMILES string of the molecule is [CH2]C(NC(=O)OC(C)(C)C)C(=O)OC. The summed E-state index contributed by atoms with van der Waals surface area (Å²) in [6.07, 6.45) is -0.692. The van der Waals surface area contributed by atoms with Crippen LogP contribution in [0.15, 0.2) is 0 Å². The maximum Gasteiger partial charge on any atom is 0.408 e. The topological polar surface area (TPSA) is 64.6 Å². The van der Waals surface area contributed by atoms with E-state index in [0.717, 1.165) is 0 Å². The minimum Gasteiger partial charge on any atom is -0.467 e. The van der Waals surface area contributed by atoms with Crippen LogP contribution >= 0.6 is 0 Å². The van der Waals surface area contributed by atoms with E-state index >= 15 is 0 Å². The molecule has 5 nitrogen and oxygen atoms in total. The van der Waals surface area contributed by atoms with Crippen molar-refractivity contribution in [3.63, 3.8) is 0 Å². The highest BCUT2D eigenvalue weighted by Crippen LogP contribution is 2.06. The summed E-state index contributed by atoms with van der Waals surface area (Å²) < 4.78 is 9.28. The Kier molecular flexibility index (Phi) is 4.40. The summed E-state index contributed by atoms with van der Waals surface area (Å²) in [5, 5.41) is 2.24. The zero-order chi connectivity index (χ0) is 11.4. The zero-order valence-corrected chi connectivity index (χ0v) is 8.92. The molecule has 0 bridgehead atoms. The number of alkyl carbamates (subject to hydrolysis) is 1. The van der Waals surface area contributed by atoms with Crippen LogP contribution in [-0.4, -0.2) is 30.8 Å². The number of esters is 1. The molecule has 1 amide bonds. The highest BCUT2D eigenvalue weighted by Gasteiger charge is 2.21. The summed E-state index contributed by atoms with van der Waals surface area (Å²) in [7, 11) is 1.22. The molecule has 5 heteroatoms. The quantitative estimate of drug-likeness (QED) is 0.675. The summed E-state index contributed by atoms with van der Waals surface area (Å²) in [5.41, 5.74) is -0.597. The van der Waals surface area contributed by atoms with Crippen LogP contribution in [0.2, 0.25) is 0 Å². The van der Waals surface area contributed by atoms with E-state index in [1.54, 1.807) is 20.8 Å². The summed E-state index contributed by atoms with van der Waals surface area (Å²) in [5.74, 6) is -0.615. The number of carbonyl (C=O) groups is 2. The van der Waals surface area contributed by atoms with E-state index in [4.69, 9.17) is 4.74 Å². The van der Waals surface area contributed by atoms with Crippen LogP contribution in [0, 0.1) is 6.92 Å². The van der Waals surface area contributed by atoms with Crippen LogP contribution in [-0.2, 0) is 14.3 Å². The average Bonchev–Trinajstić information content (AvgIpc) is 1.99. The molecule has 0 aromatic rings. The second-order valence-electron chi connectivity index (χ2n) is 3.72. The molecule has 0 fully saturated rings. The maximum absolute atomic E-state index is 11.1. The molecule has 0 saturated heterocycles. The Labute approximate surface area is 83.8 Å². The van der Waals surface area contributed by atoms with Gasteiger partial charge in [0.1, 0.15) is 11.6 Å². The molecule has 0 rings (SSSR count). The first kappa shape index (κ1) is 12.7. The van der Waals surface area contributed by atoms with E-state index in [9.17, 15) is 9.59 Å². The van der Waals surface area contributed by atoms with Gasteiger partial charge < -0.3 is 14.8 Å². The van der Waals surface area contributed by atoms with Crippen molar-refractivity contribution in [1.82, 2.24) is 5.32 Å². The van der Waals surface area contributed by atoms with Gasteiger partial charge in [-0.3, -0.25) is 0 Å². The van der Waals surface area contributed by atoms with Crippen molar-refractivity contribution in [1.29, 1.82) is 0 Å². The molecule has 81 valence electrons. The second kappa shape index (κ2) is 4.83. The van der Waals surface area contributed by atoms with E-state index in [-0.39, 0.29) is 0 Å². The third kappa shape index (κ3) is 5.40. The first-order valence-electron chi connectivity index (χ1n) is 4.16. The van der Waals surface area contributed by atoms with E-state index in [1.807, 2.05) is 0 Å². The van der Waals surface area contributed by atoms with Gasteiger partial charge in [-0.25, -0.2) is 9.59 Å². The van der Waals surface area contributed by atoms with Gasteiger partial charge in [-0.15, -0.1) is 0 Å². The Morgan fingerprint density at radius 2 is 1.86 bits per heavy atom. The number of methoxy groups -OCH3 is 1. The number of ether oxygens (including phenoxy) is 2. The summed E-state index contributed by atoms with van der Waals surface area (Å²) in [6.45, 7) is 8.57. The van der Waals surface area contributed by atoms with Gasteiger partial charge in [0, 0.05) is 0 Å². The second-order valence-corrected chi connectivity index (χ2v) is 3.72. The van der Waals surface area contributed by atoms with Crippen LogP contribution in [0.5, 0.6) is 0 Å². The summed E-state index contributed by atoms with van der Waals surface area (Å²) >= 11 is 0. The van der Waals surface area contributed by atoms with E-state index in [0.29, 0.717) is 0 Å². The van der Waals surface area contributed by atoms with Gasteiger partial charge in [0.25, 0.3) is 0 Å². The zero-order valence-electron chi connectivity index (χ0n) is 8.92. The Morgan fingerprint density at radius 1 is 1.36 bits per heavy atom. The summed E-state index contributed by atoms with van der Waals surface area (Å²) in [6, 6.07) is -0.949. The average molecular weight is 202 g/mol. The number of carbonyl (C=O) groups excluding carboxylic acids is 2. The van der Waals surface area contributed by atoms with Crippen molar-refractivity contribution in [3.8, 4) is 0 Å². The lowest BCUT2D eigenvalue weighted by atomic mass is 10.2. The van der Waals surface area contributed by atoms with E-state index < -0.39 is 23.7 Å². The predicted octanol–water partition coefficient (Wildman–Crippen LogP) is 0.887. The number of amides is 1. The molecule has 1 N–H and O–H groups in total. The van der Waals surface area contributed by atoms with Gasteiger partial charge in [0.05, 0.1) is 7.11 Å². The third-order valence-corrected chi connectivity index (χ3v) is 1.18. The fraction of sp³-hybridized carbons (Fsp3) is 0.667. The van der Waals surface area contributed by atoms with Crippen molar-refractivity contribution >= 4 is 12.1 Å². The Balaban J connectivity index is 4.01. The Bertz CT molecular complexity index is 219. The van der Waals surface area contributed by atoms with Crippen molar-refractivity contribution < 1.29 is 19.1 Å². The molecular formula is C9H16NO4. The number of hydrogen-bond acceptors (Lipinski definition) is 4. The van der Waals surface area contributed by atoms with Gasteiger partial charge in [-0.05, 0) is 27.7 Å². The lowest BCUT2D eigenvalue weighted by molar-refractivity contribution is -0.141. The molecule has 0 aliphatic rings. The van der Waals surface area contributed by atoms with Crippen LogP contribution in [0.25, 0.3) is 0 Å². The molecule has 14 heavy (non-hydrogen) atoms. The van der Waals surface area contributed by atoms with Crippen molar-refractivity contribution in [3.05, 3.63) is 6.92 Å². The smallest absolute Gasteiger partial charge is 0.408 e. The number of hydrogen-bond donors (Lipinski definition) is 1. The third-order valence-electron chi connectivity index (χ3n) is 1.18. The van der Waals surface area contributed by atoms with Crippen LogP contribution in [0.3, 0.4) is 0 Å². The maximum atomic E-state index is 11.1. The number of rotatable bonds is 2. The molecule has 1 atom stereocenters. The molecule has 0 aromatic carbocycles. The van der Waals surface area contributed by atoms with Crippen molar-refractivity contribution in [2.75, 3.05) is 7.11 Å². The van der Waals surface area contributed by atoms with Crippen LogP contribution in [0.1, 0.15) is 20.8 Å². The fourth-order valence-electron chi connectivity index (χ4n) is 0.651. The van der Waals surface area contributed by atoms with Gasteiger partial charge in [-0.1, -0.05) is 0 Å². The number of nitrogens with one attached hydrogen (secondary N) is 1. The minimum absolute atomic E-state index is 0.597. The Morgan fingerprint density at radius 3 is 2.21 bits per heavy atom. The van der Waals surface area contributed by atoms with Crippen molar-refractivity contribution in [2.24, 2.45) is 0 Å². The molecule has 1 unspecified atom stereocenters. The molecule has 0 aliphatic heterocycles. The molecular weight excluding hydrogens is 186 g/mol.